The zero-order valence-corrected chi connectivity index (χ0v) is 13.7. The number of piperidine rings is 1. The van der Waals surface area contributed by atoms with Crippen LogP contribution in [0.4, 0.5) is 14.5 Å². The second-order valence-corrected chi connectivity index (χ2v) is 7.15. The van der Waals surface area contributed by atoms with Crippen LogP contribution in [0.25, 0.3) is 0 Å². The largest absolute Gasteiger partial charge is 0.325 e. The number of benzene rings is 1. The molecule has 1 aromatic rings. The second-order valence-electron chi connectivity index (χ2n) is 6.09. The minimum absolute atomic E-state index is 0.0597. The van der Waals surface area contributed by atoms with Crippen LogP contribution in [-0.4, -0.2) is 36.2 Å². The number of alkyl halides is 2. The molecule has 122 valence electrons. The van der Waals surface area contributed by atoms with Gasteiger partial charge in [0.2, 0.25) is 5.91 Å². The first-order chi connectivity index (χ1) is 10.4. The van der Waals surface area contributed by atoms with Crippen molar-refractivity contribution in [1.82, 2.24) is 4.90 Å². The topological polar surface area (TPSA) is 32.3 Å². The maximum atomic E-state index is 12.2. The number of rotatable bonds is 5. The molecule has 6 heteroatoms. The third kappa shape index (κ3) is 5.57. The van der Waals surface area contributed by atoms with Gasteiger partial charge in [0.25, 0.3) is 5.76 Å². The summed E-state index contributed by atoms with van der Waals surface area (Å²) in [6.07, 6.45) is 1.21. The molecule has 0 aliphatic carbocycles. The fourth-order valence-corrected chi connectivity index (χ4v) is 3.54. The molecule has 1 amide bonds. The Balaban J connectivity index is 1.84. The van der Waals surface area contributed by atoms with Crippen LogP contribution in [0.5, 0.6) is 0 Å². The van der Waals surface area contributed by atoms with Crippen molar-refractivity contribution < 1.29 is 13.6 Å². The molecule has 22 heavy (non-hydrogen) atoms. The lowest BCUT2D eigenvalue weighted by Crippen LogP contribution is -2.42. The molecule has 1 heterocycles. The summed E-state index contributed by atoms with van der Waals surface area (Å²) < 4.78 is 24.5. The molecule has 0 aromatic heterocycles. The van der Waals surface area contributed by atoms with E-state index in [0.717, 1.165) is 13.1 Å². The van der Waals surface area contributed by atoms with Gasteiger partial charge in [-0.15, -0.1) is 0 Å². The Labute approximate surface area is 134 Å². The number of anilines is 1. The summed E-state index contributed by atoms with van der Waals surface area (Å²) in [7, 11) is 0. The van der Waals surface area contributed by atoms with Crippen LogP contribution >= 0.6 is 11.8 Å². The number of nitrogens with one attached hydrogen (secondary N) is 1. The molecule has 0 spiro atoms. The molecule has 0 unspecified atom stereocenters. The van der Waals surface area contributed by atoms with Gasteiger partial charge in [-0.2, -0.15) is 8.78 Å². The summed E-state index contributed by atoms with van der Waals surface area (Å²) in [6, 6.07) is 6.50. The predicted molar refractivity (Wildman–Crippen MR) is 86.3 cm³/mol. The second kappa shape index (κ2) is 7.92. The highest BCUT2D eigenvalue weighted by atomic mass is 32.2. The molecule has 0 saturated carbocycles. The number of likely N-dealkylation sites (tertiary alicyclic amines) is 1. The SMILES string of the molecule is C[C@@H]1C[C@@H](C)CN(CC(=O)Nc2ccc(SC(F)F)cc2)C1. The van der Waals surface area contributed by atoms with Crippen LogP contribution in [0.15, 0.2) is 29.2 Å². The Morgan fingerprint density at radius 1 is 1.27 bits per heavy atom. The van der Waals surface area contributed by atoms with Crippen molar-refractivity contribution >= 4 is 23.4 Å². The number of carbonyl (C=O) groups is 1. The molecule has 1 N–H and O–H groups in total. The van der Waals surface area contributed by atoms with Crippen molar-refractivity contribution in [1.29, 1.82) is 0 Å². The average Bonchev–Trinajstić information content (AvgIpc) is 2.39. The monoisotopic (exact) mass is 328 g/mol. The van der Waals surface area contributed by atoms with E-state index >= 15 is 0 Å². The highest BCUT2D eigenvalue weighted by molar-refractivity contribution is 7.99. The zero-order valence-electron chi connectivity index (χ0n) is 12.9. The van der Waals surface area contributed by atoms with Gasteiger partial charge in [-0.05, 0) is 42.5 Å². The van der Waals surface area contributed by atoms with E-state index in [-0.39, 0.29) is 5.91 Å². The molecule has 1 aromatic carbocycles. The van der Waals surface area contributed by atoms with Gasteiger partial charge in [-0.3, -0.25) is 9.69 Å². The molecule has 0 bridgehead atoms. The number of hydrogen-bond donors (Lipinski definition) is 1. The number of hydrogen-bond acceptors (Lipinski definition) is 3. The summed E-state index contributed by atoms with van der Waals surface area (Å²) >= 11 is 0.501. The van der Waals surface area contributed by atoms with E-state index in [4.69, 9.17) is 0 Å². The minimum Gasteiger partial charge on any atom is -0.325 e. The van der Waals surface area contributed by atoms with Crippen molar-refractivity contribution in [3.63, 3.8) is 0 Å². The molecule has 1 aliphatic heterocycles. The Morgan fingerprint density at radius 2 is 1.86 bits per heavy atom. The number of thioether (sulfide) groups is 1. The smallest absolute Gasteiger partial charge is 0.288 e. The van der Waals surface area contributed by atoms with Gasteiger partial charge >= 0.3 is 0 Å². The van der Waals surface area contributed by atoms with Crippen LogP contribution < -0.4 is 5.32 Å². The summed E-state index contributed by atoms with van der Waals surface area (Å²) in [5, 5.41) is 2.82. The molecule has 1 saturated heterocycles. The van der Waals surface area contributed by atoms with E-state index in [9.17, 15) is 13.6 Å². The molecule has 2 atom stereocenters. The van der Waals surface area contributed by atoms with Gasteiger partial charge in [0.15, 0.2) is 0 Å². The lowest BCUT2D eigenvalue weighted by atomic mass is 9.92. The lowest BCUT2D eigenvalue weighted by Gasteiger charge is -2.34. The van der Waals surface area contributed by atoms with Crippen molar-refractivity contribution in [3.8, 4) is 0 Å². The van der Waals surface area contributed by atoms with E-state index < -0.39 is 5.76 Å². The zero-order chi connectivity index (χ0) is 16.1. The number of halogens is 2. The normalized spacial score (nSPS) is 22.8. The lowest BCUT2D eigenvalue weighted by molar-refractivity contribution is -0.117. The van der Waals surface area contributed by atoms with E-state index in [0.29, 0.717) is 40.7 Å². The number of carbonyl (C=O) groups excluding carboxylic acids is 1. The van der Waals surface area contributed by atoms with Crippen LogP contribution in [0.1, 0.15) is 20.3 Å². The Bertz CT molecular complexity index is 485. The molecule has 1 aliphatic rings. The molecular weight excluding hydrogens is 306 g/mol. The minimum atomic E-state index is -2.43. The number of nitrogens with zero attached hydrogens (tertiary/aromatic N) is 1. The summed E-state index contributed by atoms with van der Waals surface area (Å²) in [4.78, 5) is 14.7. The molecule has 2 rings (SSSR count). The van der Waals surface area contributed by atoms with Gasteiger partial charge in [0.05, 0.1) is 6.54 Å². The van der Waals surface area contributed by atoms with E-state index in [1.165, 1.54) is 6.42 Å². The van der Waals surface area contributed by atoms with Gasteiger partial charge in [-0.25, -0.2) is 0 Å². The highest BCUT2D eigenvalue weighted by Gasteiger charge is 2.23. The maximum Gasteiger partial charge on any atom is 0.288 e. The summed E-state index contributed by atoms with van der Waals surface area (Å²) in [5.41, 5.74) is 0.640. The first-order valence-corrected chi connectivity index (χ1v) is 8.37. The maximum absolute atomic E-state index is 12.2. The number of amides is 1. The van der Waals surface area contributed by atoms with Crippen LogP contribution in [0, 0.1) is 11.8 Å². The first kappa shape index (κ1) is 17.2. The fourth-order valence-electron chi connectivity index (χ4n) is 3.04. The Hall–Kier alpha value is -1.14. The third-order valence-electron chi connectivity index (χ3n) is 3.67. The van der Waals surface area contributed by atoms with Crippen molar-refractivity contribution in [3.05, 3.63) is 24.3 Å². The van der Waals surface area contributed by atoms with Gasteiger partial charge < -0.3 is 5.32 Å². The van der Waals surface area contributed by atoms with Gasteiger partial charge in [0, 0.05) is 23.7 Å². The van der Waals surface area contributed by atoms with E-state index in [1.807, 2.05) is 0 Å². The highest BCUT2D eigenvalue weighted by Crippen LogP contribution is 2.26. The third-order valence-corrected chi connectivity index (χ3v) is 4.40. The molecule has 3 nitrogen and oxygen atoms in total. The Kier molecular flexibility index (Phi) is 6.20. The van der Waals surface area contributed by atoms with Crippen molar-refractivity contribution in [2.24, 2.45) is 11.8 Å². The molecular formula is C16H22F2N2OS. The standard InChI is InChI=1S/C16H22F2N2OS/c1-11-7-12(2)9-20(8-11)10-15(21)19-13-3-5-14(6-4-13)22-16(17)18/h3-6,11-12,16H,7-10H2,1-2H3,(H,19,21)/t11-,12-/m1/s1. The van der Waals surface area contributed by atoms with Gasteiger partial charge in [0.1, 0.15) is 0 Å². The van der Waals surface area contributed by atoms with E-state index in [1.54, 1.807) is 24.3 Å². The summed E-state index contributed by atoms with van der Waals surface area (Å²) in [6.45, 7) is 6.69. The van der Waals surface area contributed by atoms with Crippen LogP contribution in [-0.2, 0) is 4.79 Å². The quantitative estimate of drug-likeness (QED) is 0.832. The van der Waals surface area contributed by atoms with Crippen LogP contribution in [0.2, 0.25) is 0 Å². The van der Waals surface area contributed by atoms with E-state index in [2.05, 4.69) is 24.1 Å². The van der Waals surface area contributed by atoms with Crippen LogP contribution in [0.3, 0.4) is 0 Å². The summed E-state index contributed by atoms with van der Waals surface area (Å²) in [5.74, 6) is -1.26. The first-order valence-electron chi connectivity index (χ1n) is 7.49. The van der Waals surface area contributed by atoms with Gasteiger partial charge in [-0.1, -0.05) is 25.6 Å². The molecule has 1 fully saturated rings. The Morgan fingerprint density at radius 3 is 2.41 bits per heavy atom. The fraction of sp³-hybridized carbons (Fsp3) is 0.562. The van der Waals surface area contributed by atoms with Crippen molar-refractivity contribution in [2.45, 2.75) is 30.9 Å². The van der Waals surface area contributed by atoms with Crippen molar-refractivity contribution in [2.75, 3.05) is 25.0 Å². The average molecular weight is 328 g/mol. The molecule has 0 radical (unpaired) electrons. The predicted octanol–water partition coefficient (Wildman–Crippen LogP) is 3.92.